The fraction of sp³-hybridized carbons (Fsp3) is 0.300. The average Bonchev–Trinajstić information content (AvgIpc) is 2.18. The molecule has 76 valence electrons. The van der Waals surface area contributed by atoms with Gasteiger partial charge in [-0.2, -0.15) is 0 Å². The number of esters is 1. The highest BCUT2D eigenvalue weighted by atomic mass is 16.6. The molecule has 0 spiro atoms. The third-order valence-corrected chi connectivity index (χ3v) is 1.65. The van der Waals surface area contributed by atoms with Gasteiger partial charge in [0.25, 0.3) is 0 Å². The van der Waals surface area contributed by atoms with Gasteiger partial charge in [-0.15, -0.1) is 0 Å². The molecule has 0 unspecified atom stereocenters. The third kappa shape index (κ3) is 2.47. The minimum atomic E-state index is -0.639. The van der Waals surface area contributed by atoms with E-state index < -0.39 is 12.0 Å². The SMILES string of the molecule is COc1ccccc1OC(=O)[C@H](C)N. The van der Waals surface area contributed by atoms with Crippen molar-refractivity contribution < 1.29 is 14.3 Å². The number of nitrogens with two attached hydrogens (primary N) is 1. The van der Waals surface area contributed by atoms with Crippen LogP contribution in [0.2, 0.25) is 0 Å². The van der Waals surface area contributed by atoms with Crippen LogP contribution in [0.5, 0.6) is 11.5 Å². The Kier molecular flexibility index (Phi) is 3.48. The number of para-hydroxylation sites is 2. The van der Waals surface area contributed by atoms with Crippen molar-refractivity contribution in [2.75, 3.05) is 7.11 Å². The second kappa shape index (κ2) is 4.62. The number of carbonyl (C=O) groups excluding carboxylic acids is 1. The molecule has 1 atom stereocenters. The van der Waals surface area contributed by atoms with E-state index in [2.05, 4.69) is 0 Å². The van der Waals surface area contributed by atoms with Crippen LogP contribution < -0.4 is 15.2 Å². The molecule has 2 N–H and O–H groups in total. The maximum absolute atomic E-state index is 11.2. The first-order chi connectivity index (χ1) is 6.65. The van der Waals surface area contributed by atoms with E-state index in [0.717, 1.165) is 0 Å². The van der Waals surface area contributed by atoms with Gasteiger partial charge in [-0.1, -0.05) is 12.1 Å². The molecule has 0 aromatic heterocycles. The van der Waals surface area contributed by atoms with Gasteiger partial charge in [0.15, 0.2) is 11.5 Å². The molecule has 1 rings (SSSR count). The average molecular weight is 195 g/mol. The molecule has 4 heteroatoms. The van der Waals surface area contributed by atoms with Crippen molar-refractivity contribution >= 4 is 5.97 Å². The molecule has 0 aliphatic rings. The Morgan fingerprint density at radius 1 is 1.36 bits per heavy atom. The van der Waals surface area contributed by atoms with Crippen molar-refractivity contribution in [2.24, 2.45) is 5.73 Å². The Hall–Kier alpha value is -1.55. The van der Waals surface area contributed by atoms with E-state index in [1.807, 2.05) is 0 Å². The van der Waals surface area contributed by atoms with E-state index in [-0.39, 0.29) is 0 Å². The molecule has 0 bridgehead atoms. The van der Waals surface area contributed by atoms with E-state index in [9.17, 15) is 4.79 Å². The summed E-state index contributed by atoms with van der Waals surface area (Å²) in [6.45, 7) is 1.57. The predicted octanol–water partition coefficient (Wildman–Crippen LogP) is 0.948. The zero-order valence-electron chi connectivity index (χ0n) is 8.19. The summed E-state index contributed by atoms with van der Waals surface area (Å²) in [5, 5.41) is 0. The van der Waals surface area contributed by atoms with Gasteiger partial charge in [0.1, 0.15) is 6.04 Å². The van der Waals surface area contributed by atoms with Gasteiger partial charge < -0.3 is 15.2 Å². The summed E-state index contributed by atoms with van der Waals surface area (Å²) in [5.74, 6) is 0.424. The molecule has 0 aliphatic heterocycles. The highest BCUT2D eigenvalue weighted by Gasteiger charge is 2.12. The lowest BCUT2D eigenvalue weighted by atomic mass is 10.3. The van der Waals surface area contributed by atoms with Gasteiger partial charge in [0.05, 0.1) is 7.11 Å². The van der Waals surface area contributed by atoms with Gasteiger partial charge >= 0.3 is 5.97 Å². The molecule has 0 heterocycles. The Morgan fingerprint density at radius 3 is 2.43 bits per heavy atom. The third-order valence-electron chi connectivity index (χ3n) is 1.65. The number of rotatable bonds is 3. The van der Waals surface area contributed by atoms with Crippen LogP contribution in [-0.2, 0) is 4.79 Å². The van der Waals surface area contributed by atoms with Crippen LogP contribution in [0.3, 0.4) is 0 Å². The van der Waals surface area contributed by atoms with Gasteiger partial charge in [-0.05, 0) is 19.1 Å². The Bertz CT molecular complexity index is 323. The molecule has 14 heavy (non-hydrogen) atoms. The van der Waals surface area contributed by atoms with Crippen LogP contribution in [-0.4, -0.2) is 19.1 Å². The van der Waals surface area contributed by atoms with E-state index in [1.165, 1.54) is 7.11 Å². The number of ether oxygens (including phenoxy) is 2. The van der Waals surface area contributed by atoms with Crippen LogP contribution in [0.4, 0.5) is 0 Å². The van der Waals surface area contributed by atoms with Crippen LogP contribution >= 0.6 is 0 Å². The fourth-order valence-electron chi connectivity index (χ4n) is 0.904. The van der Waals surface area contributed by atoms with E-state index in [0.29, 0.717) is 11.5 Å². The monoisotopic (exact) mass is 195 g/mol. The number of carbonyl (C=O) groups is 1. The first-order valence-corrected chi connectivity index (χ1v) is 4.25. The number of benzene rings is 1. The van der Waals surface area contributed by atoms with E-state index in [1.54, 1.807) is 31.2 Å². The van der Waals surface area contributed by atoms with Crippen molar-refractivity contribution in [3.05, 3.63) is 24.3 Å². The molecule has 0 amide bonds. The minimum absolute atomic E-state index is 0.386. The van der Waals surface area contributed by atoms with Gasteiger partial charge in [-0.25, -0.2) is 4.79 Å². The Balaban J connectivity index is 2.80. The quantitative estimate of drug-likeness (QED) is 0.576. The van der Waals surface area contributed by atoms with Crippen molar-refractivity contribution in [3.8, 4) is 11.5 Å². The van der Waals surface area contributed by atoms with E-state index >= 15 is 0 Å². The van der Waals surface area contributed by atoms with Crippen LogP contribution in [0, 0.1) is 0 Å². The second-order valence-corrected chi connectivity index (χ2v) is 2.86. The van der Waals surface area contributed by atoms with Crippen molar-refractivity contribution in [1.82, 2.24) is 0 Å². The first-order valence-electron chi connectivity index (χ1n) is 4.25. The summed E-state index contributed by atoms with van der Waals surface area (Å²) >= 11 is 0. The number of hydrogen-bond acceptors (Lipinski definition) is 4. The standard InChI is InChI=1S/C10H13NO3/c1-7(11)10(12)14-9-6-4-3-5-8(9)13-2/h3-7H,11H2,1-2H3/t7-/m0/s1. The molecule has 0 saturated heterocycles. The molecule has 0 fully saturated rings. The highest BCUT2D eigenvalue weighted by Crippen LogP contribution is 2.25. The normalized spacial score (nSPS) is 11.9. The number of hydrogen-bond donors (Lipinski definition) is 1. The first kappa shape index (κ1) is 10.5. The molecule has 0 saturated carbocycles. The Morgan fingerprint density at radius 2 is 1.93 bits per heavy atom. The maximum Gasteiger partial charge on any atom is 0.328 e. The number of methoxy groups -OCH3 is 1. The summed E-state index contributed by atoms with van der Waals surface area (Å²) in [4.78, 5) is 11.2. The lowest BCUT2D eigenvalue weighted by Crippen LogP contribution is -2.30. The van der Waals surface area contributed by atoms with Crippen molar-refractivity contribution in [1.29, 1.82) is 0 Å². The lowest BCUT2D eigenvalue weighted by molar-refractivity contribution is -0.135. The molecular formula is C10H13NO3. The van der Waals surface area contributed by atoms with Crippen LogP contribution in [0.15, 0.2) is 24.3 Å². The summed E-state index contributed by atoms with van der Waals surface area (Å²) in [6, 6.07) is 6.27. The molecule has 4 nitrogen and oxygen atoms in total. The Labute approximate surface area is 82.6 Å². The zero-order chi connectivity index (χ0) is 10.6. The molecule has 1 aromatic rings. The second-order valence-electron chi connectivity index (χ2n) is 2.86. The van der Waals surface area contributed by atoms with Gasteiger partial charge in [-0.3, -0.25) is 0 Å². The smallest absolute Gasteiger partial charge is 0.328 e. The molecule has 0 aliphatic carbocycles. The molecule has 1 aromatic carbocycles. The minimum Gasteiger partial charge on any atom is -0.493 e. The van der Waals surface area contributed by atoms with Crippen molar-refractivity contribution in [3.63, 3.8) is 0 Å². The summed E-state index contributed by atoms with van der Waals surface area (Å²) < 4.78 is 10.0. The lowest BCUT2D eigenvalue weighted by Gasteiger charge is -2.09. The highest BCUT2D eigenvalue weighted by molar-refractivity contribution is 5.78. The van der Waals surface area contributed by atoms with Crippen molar-refractivity contribution in [2.45, 2.75) is 13.0 Å². The summed E-state index contributed by atoms with van der Waals surface area (Å²) in [6.07, 6.45) is 0. The van der Waals surface area contributed by atoms with Crippen LogP contribution in [0.1, 0.15) is 6.92 Å². The molecule has 0 radical (unpaired) electrons. The predicted molar refractivity (Wildman–Crippen MR) is 52.3 cm³/mol. The van der Waals surface area contributed by atoms with E-state index in [4.69, 9.17) is 15.2 Å². The van der Waals surface area contributed by atoms with Gasteiger partial charge in [0.2, 0.25) is 0 Å². The maximum atomic E-state index is 11.2. The van der Waals surface area contributed by atoms with Crippen LogP contribution in [0.25, 0.3) is 0 Å². The fourth-order valence-corrected chi connectivity index (χ4v) is 0.904. The topological polar surface area (TPSA) is 61.5 Å². The largest absolute Gasteiger partial charge is 0.493 e. The molecular weight excluding hydrogens is 182 g/mol. The zero-order valence-corrected chi connectivity index (χ0v) is 8.19. The summed E-state index contributed by atoms with van der Waals surface area (Å²) in [5.41, 5.74) is 5.36. The summed E-state index contributed by atoms with van der Waals surface area (Å²) in [7, 11) is 1.51. The van der Waals surface area contributed by atoms with Gasteiger partial charge in [0, 0.05) is 0 Å².